The van der Waals surface area contributed by atoms with E-state index in [1.807, 2.05) is 35.2 Å². The number of rotatable bonds is 7. The first-order valence-corrected chi connectivity index (χ1v) is 10.3. The summed E-state index contributed by atoms with van der Waals surface area (Å²) in [4.78, 5) is 15.4. The maximum atomic E-state index is 9.88. The molecule has 9 nitrogen and oxygen atoms in total. The Bertz CT molecular complexity index is 1060. The molecule has 2 N–H and O–H groups in total. The Kier molecular flexibility index (Phi) is 6.85. The lowest BCUT2D eigenvalue weighted by molar-refractivity contribution is 0.122. The lowest BCUT2D eigenvalue weighted by Crippen LogP contribution is -2.37. The van der Waals surface area contributed by atoms with Crippen LogP contribution in [0.1, 0.15) is 11.1 Å². The molecule has 0 atom stereocenters. The van der Waals surface area contributed by atoms with Crippen molar-refractivity contribution in [1.29, 1.82) is 0 Å². The molecule has 1 saturated heterocycles. The molecule has 1 fully saturated rings. The van der Waals surface area contributed by atoms with Crippen molar-refractivity contribution in [3.63, 3.8) is 0 Å². The van der Waals surface area contributed by atoms with E-state index in [1.54, 1.807) is 18.2 Å². The molecule has 0 spiro atoms. The van der Waals surface area contributed by atoms with Gasteiger partial charge in [0.25, 0.3) is 5.95 Å². The summed E-state index contributed by atoms with van der Waals surface area (Å²) >= 11 is 6.06. The first-order chi connectivity index (χ1) is 15.2. The van der Waals surface area contributed by atoms with Gasteiger partial charge in [0, 0.05) is 30.2 Å². The van der Waals surface area contributed by atoms with Crippen molar-refractivity contribution in [1.82, 2.24) is 15.0 Å². The minimum Gasteiger partial charge on any atom is -0.508 e. The molecule has 160 valence electrons. The molecule has 0 aliphatic carbocycles. The van der Waals surface area contributed by atoms with Gasteiger partial charge in [0.15, 0.2) is 0 Å². The number of aromatic nitrogens is 3. The number of phenols is 1. The molecule has 0 saturated carbocycles. The molecule has 1 aliphatic heterocycles. The summed E-state index contributed by atoms with van der Waals surface area (Å²) in [5, 5.41) is 22.1. The topological polar surface area (TPSA) is 108 Å². The monoisotopic (exact) mass is 439 g/mol. The highest BCUT2D eigenvalue weighted by atomic mass is 35.5. The highest BCUT2D eigenvalue weighted by Crippen LogP contribution is 2.20. The number of halogens is 1. The zero-order chi connectivity index (χ0) is 21.5. The first-order valence-electron chi connectivity index (χ1n) is 9.89. The van der Waals surface area contributed by atoms with Gasteiger partial charge in [0.1, 0.15) is 5.75 Å². The van der Waals surface area contributed by atoms with Crippen molar-refractivity contribution in [2.45, 2.75) is 13.1 Å². The van der Waals surface area contributed by atoms with Gasteiger partial charge < -0.3 is 20.1 Å². The third-order valence-electron chi connectivity index (χ3n) is 4.64. The van der Waals surface area contributed by atoms with E-state index in [-0.39, 0.29) is 18.2 Å². The van der Waals surface area contributed by atoms with Crippen molar-refractivity contribution in [2.75, 3.05) is 36.5 Å². The van der Waals surface area contributed by atoms with E-state index in [2.05, 4.69) is 30.5 Å². The summed E-state index contributed by atoms with van der Waals surface area (Å²) in [6.07, 6.45) is 0. The third-order valence-corrected chi connectivity index (χ3v) is 4.87. The molecule has 0 unspecified atom stereocenters. The molecule has 0 amide bonds. The lowest BCUT2D eigenvalue weighted by atomic mass is 10.2. The molecule has 4 rings (SSSR count). The number of azo groups is 1. The Morgan fingerprint density at radius 3 is 2.71 bits per heavy atom. The van der Waals surface area contributed by atoms with E-state index in [1.165, 1.54) is 0 Å². The predicted octanol–water partition coefficient (Wildman–Crippen LogP) is 3.96. The molecule has 10 heteroatoms. The highest BCUT2D eigenvalue weighted by molar-refractivity contribution is 6.30. The Morgan fingerprint density at radius 2 is 1.90 bits per heavy atom. The van der Waals surface area contributed by atoms with Crippen LogP contribution < -0.4 is 10.2 Å². The molecule has 1 aromatic heterocycles. The van der Waals surface area contributed by atoms with Crippen LogP contribution in [0.4, 0.5) is 17.8 Å². The molecule has 3 aromatic rings. The fraction of sp³-hybridized carbons (Fsp3) is 0.286. The Morgan fingerprint density at radius 1 is 1.06 bits per heavy atom. The van der Waals surface area contributed by atoms with Gasteiger partial charge >= 0.3 is 0 Å². The van der Waals surface area contributed by atoms with Crippen LogP contribution in [0.3, 0.4) is 0 Å². The van der Waals surface area contributed by atoms with Gasteiger partial charge in [-0.25, -0.2) is 0 Å². The van der Waals surface area contributed by atoms with E-state index in [0.717, 1.165) is 5.56 Å². The van der Waals surface area contributed by atoms with E-state index < -0.39 is 0 Å². The largest absolute Gasteiger partial charge is 0.508 e. The summed E-state index contributed by atoms with van der Waals surface area (Å²) in [5.74, 6) is 1.28. The van der Waals surface area contributed by atoms with Crippen LogP contribution in [0.15, 0.2) is 58.8 Å². The number of phenolic OH excluding ortho intramolecular Hbond substituents is 1. The van der Waals surface area contributed by atoms with Crippen molar-refractivity contribution in [2.24, 2.45) is 10.2 Å². The van der Waals surface area contributed by atoms with Gasteiger partial charge in [0.05, 0.1) is 19.8 Å². The van der Waals surface area contributed by atoms with Crippen molar-refractivity contribution in [3.8, 4) is 5.75 Å². The van der Waals surface area contributed by atoms with Gasteiger partial charge in [-0.05, 0) is 23.8 Å². The standard InChI is InChI=1S/C21H22ClN7O2/c22-17-6-3-4-15(12-17)13-23-19-25-20(27-21(26-19)29-8-10-31-11-9-29)28-24-14-16-5-1-2-7-18(16)30/h1-7,12,30H,8-11,13-14H2,(H,23,25,26,27). The van der Waals surface area contributed by atoms with Crippen molar-refractivity contribution < 1.29 is 9.84 Å². The maximum absolute atomic E-state index is 9.88. The van der Waals surface area contributed by atoms with Crippen LogP contribution in [0.5, 0.6) is 5.75 Å². The fourth-order valence-electron chi connectivity index (χ4n) is 3.03. The summed E-state index contributed by atoms with van der Waals surface area (Å²) in [6.45, 7) is 3.32. The van der Waals surface area contributed by atoms with Crippen LogP contribution >= 0.6 is 11.6 Å². The summed E-state index contributed by atoms with van der Waals surface area (Å²) in [5.41, 5.74) is 1.68. The van der Waals surface area contributed by atoms with Gasteiger partial charge in [-0.3, -0.25) is 0 Å². The second kappa shape index (κ2) is 10.1. The number of aromatic hydroxyl groups is 1. The molecular weight excluding hydrogens is 418 g/mol. The number of ether oxygens (including phenoxy) is 1. The minimum atomic E-state index is 0.176. The van der Waals surface area contributed by atoms with Crippen LogP contribution in [0.2, 0.25) is 5.02 Å². The summed E-state index contributed by atoms with van der Waals surface area (Å²) < 4.78 is 5.42. The Labute approximate surface area is 184 Å². The number of hydrogen-bond donors (Lipinski definition) is 2. The van der Waals surface area contributed by atoms with Crippen molar-refractivity contribution >= 4 is 29.4 Å². The van der Waals surface area contributed by atoms with E-state index in [0.29, 0.717) is 55.3 Å². The van der Waals surface area contributed by atoms with E-state index in [4.69, 9.17) is 16.3 Å². The average Bonchev–Trinajstić information content (AvgIpc) is 2.80. The first kappa shape index (κ1) is 21.0. The van der Waals surface area contributed by atoms with Gasteiger partial charge in [-0.15, -0.1) is 5.11 Å². The van der Waals surface area contributed by atoms with Crippen LogP contribution in [-0.4, -0.2) is 46.4 Å². The molecule has 2 heterocycles. The number of para-hydroxylation sites is 1. The molecule has 2 aromatic carbocycles. The number of hydrogen-bond acceptors (Lipinski definition) is 9. The van der Waals surface area contributed by atoms with Crippen LogP contribution in [0, 0.1) is 0 Å². The molecule has 0 bridgehead atoms. The van der Waals surface area contributed by atoms with E-state index >= 15 is 0 Å². The van der Waals surface area contributed by atoms with Gasteiger partial charge in [0.2, 0.25) is 11.9 Å². The van der Waals surface area contributed by atoms with Gasteiger partial charge in [-0.2, -0.15) is 20.1 Å². The maximum Gasteiger partial charge on any atom is 0.275 e. The quantitative estimate of drug-likeness (QED) is 0.536. The highest BCUT2D eigenvalue weighted by Gasteiger charge is 2.16. The van der Waals surface area contributed by atoms with Crippen molar-refractivity contribution in [3.05, 3.63) is 64.7 Å². The zero-order valence-electron chi connectivity index (χ0n) is 16.8. The smallest absolute Gasteiger partial charge is 0.275 e. The van der Waals surface area contributed by atoms with Gasteiger partial charge in [-0.1, -0.05) is 41.9 Å². The molecule has 0 radical (unpaired) electrons. The summed E-state index contributed by atoms with van der Waals surface area (Å²) in [6, 6.07) is 14.6. The second-order valence-electron chi connectivity index (χ2n) is 6.87. The Balaban J connectivity index is 1.53. The molecular formula is C21H22ClN7O2. The number of benzene rings is 2. The summed E-state index contributed by atoms with van der Waals surface area (Å²) in [7, 11) is 0. The predicted molar refractivity (Wildman–Crippen MR) is 118 cm³/mol. The fourth-order valence-corrected chi connectivity index (χ4v) is 3.24. The van der Waals surface area contributed by atoms with Crippen LogP contribution in [-0.2, 0) is 17.8 Å². The lowest BCUT2D eigenvalue weighted by Gasteiger charge is -2.26. The van der Waals surface area contributed by atoms with E-state index in [9.17, 15) is 5.11 Å². The zero-order valence-corrected chi connectivity index (χ0v) is 17.5. The minimum absolute atomic E-state index is 0.176. The number of nitrogens with one attached hydrogen (secondary N) is 1. The molecule has 1 aliphatic rings. The average molecular weight is 440 g/mol. The third kappa shape index (κ3) is 5.87. The second-order valence-corrected chi connectivity index (χ2v) is 7.31. The number of morpholine rings is 1. The molecule has 31 heavy (non-hydrogen) atoms. The van der Waals surface area contributed by atoms with Crippen LogP contribution in [0.25, 0.3) is 0 Å². The number of nitrogens with zero attached hydrogens (tertiary/aromatic N) is 6. The normalized spacial score (nSPS) is 14.2. The number of anilines is 2. The Hall–Kier alpha value is -3.30. The SMILES string of the molecule is Oc1ccccc1CN=Nc1nc(NCc2cccc(Cl)c2)nc(N2CCOCC2)n1.